The molecule has 1 rings (SSSR count). The summed E-state index contributed by atoms with van der Waals surface area (Å²) < 4.78 is 0. The van der Waals surface area contributed by atoms with E-state index in [9.17, 15) is 9.59 Å². The second kappa shape index (κ2) is 9.26. The van der Waals surface area contributed by atoms with Crippen LogP contribution in [0.25, 0.3) is 0 Å². The van der Waals surface area contributed by atoms with Crippen molar-refractivity contribution in [3.63, 3.8) is 0 Å². The Kier molecular flexibility index (Phi) is 8.90. The van der Waals surface area contributed by atoms with Crippen molar-refractivity contribution in [1.82, 2.24) is 10.2 Å². The van der Waals surface area contributed by atoms with Crippen LogP contribution in [-0.4, -0.2) is 42.4 Å². The molecule has 0 aliphatic heterocycles. The van der Waals surface area contributed by atoms with Gasteiger partial charge in [0.1, 0.15) is 0 Å². The standard InChI is InChI=1S/C15H29N3O2.ClH/c1-10(2)14(16)15(20)17-9-13(19)18(4)12-7-5-6-11(3)8-12;/h10-12,14H,5-9,16H2,1-4H3,(H,17,20);1H/t11?,12?,14-;/m0./s1. The summed E-state index contributed by atoms with van der Waals surface area (Å²) in [6, 6.07) is -0.246. The molecule has 1 aliphatic rings. The first kappa shape index (κ1) is 20.2. The number of carbonyl (C=O) groups is 2. The normalized spacial score (nSPS) is 23.1. The topological polar surface area (TPSA) is 75.4 Å². The van der Waals surface area contributed by atoms with Crippen LogP contribution in [0, 0.1) is 11.8 Å². The van der Waals surface area contributed by atoms with Crippen LogP contribution in [0.1, 0.15) is 46.5 Å². The Morgan fingerprint density at radius 2 is 1.95 bits per heavy atom. The first-order chi connectivity index (χ1) is 9.32. The van der Waals surface area contributed by atoms with Crippen molar-refractivity contribution in [3.05, 3.63) is 0 Å². The number of rotatable bonds is 5. The molecule has 124 valence electrons. The lowest BCUT2D eigenvalue weighted by Gasteiger charge is -2.34. The fourth-order valence-corrected chi connectivity index (χ4v) is 2.67. The number of nitrogens with zero attached hydrogens (tertiary/aromatic N) is 1. The lowest BCUT2D eigenvalue weighted by atomic mass is 9.86. The Morgan fingerprint density at radius 3 is 2.48 bits per heavy atom. The van der Waals surface area contributed by atoms with Crippen LogP contribution in [0.5, 0.6) is 0 Å². The predicted molar refractivity (Wildman–Crippen MR) is 87.3 cm³/mol. The third-order valence-electron chi connectivity index (χ3n) is 4.28. The molecule has 0 bridgehead atoms. The molecule has 1 aliphatic carbocycles. The van der Waals surface area contributed by atoms with Gasteiger partial charge in [-0.2, -0.15) is 0 Å². The smallest absolute Gasteiger partial charge is 0.241 e. The van der Waals surface area contributed by atoms with Gasteiger partial charge in [0, 0.05) is 13.1 Å². The molecule has 3 atom stereocenters. The van der Waals surface area contributed by atoms with Crippen molar-refractivity contribution in [2.45, 2.75) is 58.5 Å². The summed E-state index contributed by atoms with van der Waals surface area (Å²) in [6.45, 7) is 6.05. The van der Waals surface area contributed by atoms with E-state index < -0.39 is 6.04 Å². The summed E-state index contributed by atoms with van der Waals surface area (Å²) in [5.74, 6) is 0.460. The Bertz CT molecular complexity index is 350. The zero-order chi connectivity index (χ0) is 15.3. The average molecular weight is 320 g/mol. The molecule has 0 aromatic rings. The minimum Gasteiger partial charge on any atom is -0.346 e. The third kappa shape index (κ3) is 6.22. The molecular weight excluding hydrogens is 290 g/mol. The van der Waals surface area contributed by atoms with E-state index in [0.29, 0.717) is 12.0 Å². The minimum absolute atomic E-state index is 0. The molecule has 21 heavy (non-hydrogen) atoms. The van der Waals surface area contributed by atoms with Crippen LogP contribution in [0.4, 0.5) is 0 Å². The maximum absolute atomic E-state index is 12.1. The van der Waals surface area contributed by atoms with E-state index in [1.54, 1.807) is 4.90 Å². The van der Waals surface area contributed by atoms with Crippen LogP contribution >= 0.6 is 12.4 Å². The molecule has 0 radical (unpaired) electrons. The summed E-state index contributed by atoms with van der Waals surface area (Å²) in [6.07, 6.45) is 4.54. The predicted octanol–water partition coefficient (Wildman–Crippen LogP) is 1.54. The third-order valence-corrected chi connectivity index (χ3v) is 4.28. The maximum Gasteiger partial charge on any atom is 0.241 e. The van der Waals surface area contributed by atoms with E-state index in [0.717, 1.165) is 12.8 Å². The van der Waals surface area contributed by atoms with Gasteiger partial charge in [-0.15, -0.1) is 12.4 Å². The van der Waals surface area contributed by atoms with Crippen LogP contribution < -0.4 is 11.1 Å². The van der Waals surface area contributed by atoms with Gasteiger partial charge in [0.2, 0.25) is 11.8 Å². The molecule has 0 aromatic heterocycles. The summed E-state index contributed by atoms with van der Waals surface area (Å²) in [5.41, 5.74) is 5.75. The van der Waals surface area contributed by atoms with Crippen LogP contribution in [0.2, 0.25) is 0 Å². The molecule has 0 heterocycles. The quantitative estimate of drug-likeness (QED) is 0.807. The molecule has 0 aromatic carbocycles. The maximum atomic E-state index is 12.1. The zero-order valence-corrected chi connectivity index (χ0v) is 14.4. The summed E-state index contributed by atoms with van der Waals surface area (Å²) in [7, 11) is 1.83. The van der Waals surface area contributed by atoms with E-state index in [1.807, 2.05) is 20.9 Å². The number of hydrogen-bond acceptors (Lipinski definition) is 3. The highest BCUT2D eigenvalue weighted by molar-refractivity contribution is 5.87. The van der Waals surface area contributed by atoms with Crippen molar-refractivity contribution in [1.29, 1.82) is 0 Å². The highest BCUT2D eigenvalue weighted by atomic mass is 35.5. The van der Waals surface area contributed by atoms with E-state index >= 15 is 0 Å². The minimum atomic E-state index is -0.553. The van der Waals surface area contributed by atoms with Gasteiger partial charge < -0.3 is 16.0 Å². The molecule has 0 spiro atoms. The average Bonchev–Trinajstić information content (AvgIpc) is 2.42. The van der Waals surface area contributed by atoms with Gasteiger partial charge in [0.15, 0.2) is 0 Å². The summed E-state index contributed by atoms with van der Waals surface area (Å²) in [5, 5.41) is 2.64. The molecule has 2 unspecified atom stereocenters. The second-order valence-corrected chi connectivity index (χ2v) is 6.42. The van der Waals surface area contributed by atoms with Crippen molar-refractivity contribution in [2.75, 3.05) is 13.6 Å². The number of halogens is 1. The van der Waals surface area contributed by atoms with Crippen molar-refractivity contribution >= 4 is 24.2 Å². The molecular formula is C15H30ClN3O2. The number of nitrogens with one attached hydrogen (secondary N) is 1. The van der Waals surface area contributed by atoms with Gasteiger partial charge in [0.05, 0.1) is 12.6 Å². The molecule has 6 heteroatoms. The zero-order valence-electron chi connectivity index (χ0n) is 13.6. The largest absolute Gasteiger partial charge is 0.346 e. The molecule has 5 nitrogen and oxygen atoms in total. The van der Waals surface area contributed by atoms with Crippen molar-refractivity contribution in [3.8, 4) is 0 Å². The molecule has 1 saturated carbocycles. The molecule has 0 saturated heterocycles. The van der Waals surface area contributed by atoms with Gasteiger partial charge in [-0.3, -0.25) is 9.59 Å². The fraction of sp³-hybridized carbons (Fsp3) is 0.867. The van der Waals surface area contributed by atoms with Gasteiger partial charge in [-0.1, -0.05) is 33.6 Å². The van der Waals surface area contributed by atoms with E-state index in [4.69, 9.17) is 5.73 Å². The first-order valence-electron chi connectivity index (χ1n) is 7.61. The molecule has 3 N–H and O–H groups in total. The van der Waals surface area contributed by atoms with Gasteiger partial charge in [0.25, 0.3) is 0 Å². The SMILES string of the molecule is CC1CCCC(N(C)C(=O)CNC(=O)[C@@H](N)C(C)C)C1.Cl. The van der Waals surface area contributed by atoms with Crippen molar-refractivity contribution < 1.29 is 9.59 Å². The highest BCUT2D eigenvalue weighted by Crippen LogP contribution is 2.26. The van der Waals surface area contributed by atoms with Gasteiger partial charge in [-0.05, 0) is 24.7 Å². The number of likely N-dealkylation sites (N-methyl/N-ethyl adjacent to an activating group) is 1. The molecule has 1 fully saturated rings. The van der Waals surface area contributed by atoms with E-state index in [1.165, 1.54) is 12.8 Å². The second-order valence-electron chi connectivity index (χ2n) is 6.42. The van der Waals surface area contributed by atoms with E-state index in [-0.39, 0.29) is 36.7 Å². The first-order valence-corrected chi connectivity index (χ1v) is 7.61. The monoisotopic (exact) mass is 319 g/mol. The molecule has 2 amide bonds. The number of hydrogen-bond donors (Lipinski definition) is 2. The lowest BCUT2D eigenvalue weighted by molar-refractivity contribution is -0.134. The highest BCUT2D eigenvalue weighted by Gasteiger charge is 2.26. The Hall–Kier alpha value is -0.810. The number of amides is 2. The lowest BCUT2D eigenvalue weighted by Crippen LogP contribution is -2.49. The summed E-state index contributed by atoms with van der Waals surface area (Å²) in [4.78, 5) is 25.6. The Labute approximate surface area is 134 Å². The van der Waals surface area contributed by atoms with Gasteiger partial charge >= 0.3 is 0 Å². The van der Waals surface area contributed by atoms with E-state index in [2.05, 4.69) is 12.2 Å². The van der Waals surface area contributed by atoms with Crippen LogP contribution in [0.3, 0.4) is 0 Å². The summed E-state index contributed by atoms with van der Waals surface area (Å²) >= 11 is 0. The van der Waals surface area contributed by atoms with Crippen LogP contribution in [0.15, 0.2) is 0 Å². The van der Waals surface area contributed by atoms with Crippen molar-refractivity contribution in [2.24, 2.45) is 17.6 Å². The number of nitrogens with two attached hydrogens (primary N) is 1. The Balaban J connectivity index is 0.00000400. The Morgan fingerprint density at radius 1 is 1.33 bits per heavy atom. The number of carbonyl (C=O) groups excluding carboxylic acids is 2. The van der Waals surface area contributed by atoms with Crippen LogP contribution in [-0.2, 0) is 9.59 Å². The van der Waals surface area contributed by atoms with Gasteiger partial charge in [-0.25, -0.2) is 0 Å². The fourth-order valence-electron chi connectivity index (χ4n) is 2.67.